The Morgan fingerprint density at radius 2 is 1.51 bits per heavy atom. The van der Waals surface area contributed by atoms with Gasteiger partial charge in [-0.1, -0.05) is 96.1 Å². The second-order valence-electron chi connectivity index (χ2n) is 12.8. The van der Waals surface area contributed by atoms with E-state index < -0.39 is 11.0 Å². The zero-order chi connectivity index (χ0) is 27.9. The van der Waals surface area contributed by atoms with Crippen LogP contribution in [0.2, 0.25) is 0 Å². The summed E-state index contributed by atoms with van der Waals surface area (Å²) in [5.41, 5.74) is 5.52. The van der Waals surface area contributed by atoms with Crippen LogP contribution < -0.4 is 0 Å². The van der Waals surface area contributed by atoms with Crippen molar-refractivity contribution in [2.24, 2.45) is 5.41 Å². The van der Waals surface area contributed by atoms with E-state index in [0.29, 0.717) is 0 Å². The third-order valence-corrected chi connectivity index (χ3v) is 10.7. The lowest BCUT2D eigenvalue weighted by molar-refractivity contribution is -0.132. The van der Waals surface area contributed by atoms with Crippen LogP contribution in [0.4, 0.5) is 0 Å². The van der Waals surface area contributed by atoms with Crippen LogP contribution in [0.15, 0.2) is 90.5 Å². The number of rotatable bonds is 2. The first-order valence-electron chi connectivity index (χ1n) is 15.2. The van der Waals surface area contributed by atoms with E-state index in [1.54, 1.807) is 0 Å². The van der Waals surface area contributed by atoms with Gasteiger partial charge in [0, 0.05) is 17.5 Å². The van der Waals surface area contributed by atoms with E-state index >= 15 is 9.59 Å². The number of hydrogen-bond donors (Lipinski definition) is 0. The highest BCUT2D eigenvalue weighted by atomic mass is 16.1. The minimum Gasteiger partial charge on any atom is -0.294 e. The molecule has 2 saturated heterocycles. The highest BCUT2D eigenvalue weighted by Gasteiger charge is 2.77. The molecule has 4 aliphatic rings. The van der Waals surface area contributed by atoms with Gasteiger partial charge in [0.25, 0.3) is 0 Å². The Kier molecular flexibility index (Phi) is 5.37. The van der Waals surface area contributed by atoms with Gasteiger partial charge in [-0.25, -0.2) is 0 Å². The lowest BCUT2D eigenvalue weighted by atomic mass is 9.52. The van der Waals surface area contributed by atoms with Crippen molar-refractivity contribution in [1.82, 2.24) is 4.90 Å². The van der Waals surface area contributed by atoms with Crippen molar-refractivity contribution in [2.75, 3.05) is 6.54 Å². The molecule has 0 amide bonds. The Bertz CT molecular complexity index is 1760. The molecular formula is C38H35NO2. The quantitative estimate of drug-likeness (QED) is 0.244. The molecule has 1 saturated carbocycles. The molecule has 4 aromatic rings. The molecular weight excluding hydrogens is 502 g/mol. The summed E-state index contributed by atoms with van der Waals surface area (Å²) in [5.74, 6) is 0.270. The predicted octanol–water partition coefficient (Wildman–Crippen LogP) is 7.93. The first kappa shape index (κ1) is 24.9. The van der Waals surface area contributed by atoms with E-state index in [4.69, 9.17) is 0 Å². The Labute approximate surface area is 241 Å². The molecule has 0 unspecified atom stereocenters. The molecule has 8 rings (SSSR count). The van der Waals surface area contributed by atoms with Crippen LogP contribution in [-0.4, -0.2) is 29.1 Å². The fourth-order valence-corrected chi connectivity index (χ4v) is 9.24. The number of carbonyl (C=O) groups excluding carboxylic acids is 2. The summed E-state index contributed by atoms with van der Waals surface area (Å²) in [7, 11) is 0. The first-order valence-corrected chi connectivity index (χ1v) is 15.2. The topological polar surface area (TPSA) is 37.4 Å². The van der Waals surface area contributed by atoms with Crippen molar-refractivity contribution in [3.05, 3.63) is 124 Å². The second kappa shape index (κ2) is 8.84. The molecule has 3 nitrogen and oxygen atoms in total. The van der Waals surface area contributed by atoms with E-state index in [1.807, 2.05) is 12.1 Å². The van der Waals surface area contributed by atoms with E-state index in [-0.39, 0.29) is 23.5 Å². The molecule has 2 spiro atoms. The smallest absolute Gasteiger partial charge is 0.189 e. The van der Waals surface area contributed by atoms with Crippen LogP contribution in [0.3, 0.4) is 0 Å². The summed E-state index contributed by atoms with van der Waals surface area (Å²) >= 11 is 0. The van der Waals surface area contributed by atoms with Gasteiger partial charge in [0.1, 0.15) is 5.54 Å². The standard InChI is InChI=1S/C38H35NO2/c1-24-13-17-26(18-14-24)23-29-9-5-21-37(35(29)40)34(28-19-15-25(2)16-20-28)32-12-6-22-39(32)38(37)31-11-4-8-27-7-3-10-30(33(27)31)36(38)41/h3-4,7-8,10-11,13-20,23,32,34H,5-6,9,12,21-22H2,1-2H3/b29-23+/t32-,34-,37-,38-/m0/s1. The normalized spacial score (nSPS) is 29.9. The molecule has 204 valence electrons. The lowest BCUT2D eigenvalue weighted by Crippen LogP contribution is -2.60. The molecule has 0 bridgehead atoms. The van der Waals surface area contributed by atoms with E-state index in [1.165, 1.54) is 16.7 Å². The molecule has 3 fully saturated rings. The maximum absolute atomic E-state index is 15.4. The van der Waals surface area contributed by atoms with E-state index in [0.717, 1.165) is 71.7 Å². The zero-order valence-corrected chi connectivity index (χ0v) is 23.8. The Morgan fingerprint density at radius 3 is 2.27 bits per heavy atom. The molecule has 4 aromatic carbocycles. The molecule has 0 radical (unpaired) electrons. The van der Waals surface area contributed by atoms with Crippen molar-refractivity contribution >= 4 is 28.4 Å². The van der Waals surface area contributed by atoms with Gasteiger partial charge in [-0.2, -0.15) is 0 Å². The number of ketones is 2. The summed E-state index contributed by atoms with van der Waals surface area (Å²) in [6, 6.07) is 29.9. The average Bonchev–Trinajstić information content (AvgIpc) is 3.62. The molecule has 0 N–H and O–H groups in total. The maximum Gasteiger partial charge on any atom is 0.189 e. The third-order valence-electron chi connectivity index (χ3n) is 10.7. The molecule has 41 heavy (non-hydrogen) atoms. The van der Waals surface area contributed by atoms with Gasteiger partial charge in [-0.3, -0.25) is 14.5 Å². The molecule has 2 heterocycles. The van der Waals surface area contributed by atoms with Crippen molar-refractivity contribution in [2.45, 2.75) is 63.5 Å². The molecule has 0 aromatic heterocycles. The SMILES string of the molecule is Cc1ccc(/C=C2\CCC[C@@]3(C2=O)[C@@H](c2ccc(C)cc2)[C@@H]2CCCN2[C@@]32C(=O)c3cccc4cccc2c34)cc1. The van der Waals surface area contributed by atoms with Gasteiger partial charge in [0.05, 0.1) is 5.41 Å². The predicted molar refractivity (Wildman–Crippen MR) is 164 cm³/mol. The molecule has 2 aliphatic carbocycles. The second-order valence-corrected chi connectivity index (χ2v) is 12.8. The van der Waals surface area contributed by atoms with Crippen LogP contribution in [-0.2, 0) is 10.3 Å². The summed E-state index contributed by atoms with van der Waals surface area (Å²) in [6.45, 7) is 5.04. The fourth-order valence-electron chi connectivity index (χ4n) is 9.24. The molecule has 2 aliphatic heterocycles. The minimum atomic E-state index is -0.989. The van der Waals surface area contributed by atoms with Crippen molar-refractivity contribution in [1.29, 1.82) is 0 Å². The number of Topliss-reactive ketones (excluding diaryl/α,β-unsaturated/α-hetero) is 2. The largest absolute Gasteiger partial charge is 0.294 e. The van der Waals surface area contributed by atoms with Gasteiger partial charge >= 0.3 is 0 Å². The van der Waals surface area contributed by atoms with Crippen molar-refractivity contribution in [3.8, 4) is 0 Å². The number of aryl methyl sites for hydroxylation is 2. The van der Waals surface area contributed by atoms with E-state index in [9.17, 15) is 0 Å². The molecule has 4 atom stereocenters. The maximum atomic E-state index is 15.4. The number of hydrogen-bond acceptors (Lipinski definition) is 3. The van der Waals surface area contributed by atoms with Gasteiger partial charge in [0.15, 0.2) is 11.6 Å². The Hall–Kier alpha value is -3.82. The fraction of sp³-hybridized carbons (Fsp3) is 0.316. The summed E-state index contributed by atoms with van der Waals surface area (Å²) in [4.78, 5) is 33.1. The van der Waals surface area contributed by atoms with Crippen molar-refractivity contribution < 1.29 is 9.59 Å². The van der Waals surface area contributed by atoms with Crippen LogP contribution in [0, 0.1) is 19.3 Å². The van der Waals surface area contributed by atoms with Gasteiger partial charge in [-0.05, 0) is 91.6 Å². The van der Waals surface area contributed by atoms with Crippen LogP contribution in [0.5, 0.6) is 0 Å². The first-order chi connectivity index (χ1) is 20.0. The summed E-state index contributed by atoms with van der Waals surface area (Å²) < 4.78 is 0. The third kappa shape index (κ3) is 3.13. The lowest BCUT2D eigenvalue weighted by Gasteiger charge is -2.50. The molecule has 3 heteroatoms. The average molecular weight is 538 g/mol. The number of carbonyl (C=O) groups is 2. The van der Waals surface area contributed by atoms with Crippen LogP contribution >= 0.6 is 0 Å². The minimum absolute atomic E-state index is 0.0478. The number of nitrogens with zero attached hydrogens (tertiary/aromatic N) is 1. The Balaban J connectivity index is 1.44. The monoisotopic (exact) mass is 537 g/mol. The van der Waals surface area contributed by atoms with Crippen LogP contribution in [0.25, 0.3) is 16.8 Å². The highest BCUT2D eigenvalue weighted by Crippen LogP contribution is 2.71. The van der Waals surface area contributed by atoms with E-state index in [2.05, 4.69) is 97.6 Å². The van der Waals surface area contributed by atoms with Gasteiger partial charge in [0.2, 0.25) is 0 Å². The number of allylic oxidation sites excluding steroid dienone is 1. The van der Waals surface area contributed by atoms with Gasteiger partial charge < -0.3 is 0 Å². The van der Waals surface area contributed by atoms with Crippen LogP contribution in [0.1, 0.15) is 76.2 Å². The van der Waals surface area contributed by atoms with Gasteiger partial charge in [-0.15, -0.1) is 0 Å². The number of fused-ring (bicyclic) bond motifs is 4. The number of benzene rings is 4. The van der Waals surface area contributed by atoms with Crippen molar-refractivity contribution in [3.63, 3.8) is 0 Å². The summed E-state index contributed by atoms with van der Waals surface area (Å²) in [5, 5.41) is 2.14. The summed E-state index contributed by atoms with van der Waals surface area (Å²) in [6.07, 6.45) is 6.53. The Morgan fingerprint density at radius 1 is 0.805 bits per heavy atom. The zero-order valence-electron chi connectivity index (χ0n) is 23.8. The highest BCUT2D eigenvalue weighted by molar-refractivity contribution is 6.24.